The molecule has 0 aromatic heterocycles. The molecule has 0 aliphatic heterocycles. The molecule has 0 spiro atoms. The van der Waals surface area contributed by atoms with E-state index in [0.29, 0.717) is 36.1 Å². The van der Waals surface area contributed by atoms with Gasteiger partial charge in [-0.3, -0.25) is 0 Å². The molecule has 0 amide bonds. The van der Waals surface area contributed by atoms with Crippen LogP contribution in [-0.2, 0) is 15.1 Å². The smallest absolute Gasteiger partial charge is 0.348 e. The molecule has 0 radical (unpaired) electrons. The number of ether oxygens (including phenoxy) is 1. The first kappa shape index (κ1) is 22.0. The molecule has 0 unspecified atom stereocenters. The highest BCUT2D eigenvalue weighted by Crippen LogP contribution is 2.35. The molecule has 0 heterocycles. The number of hydrogen-bond donors (Lipinski definition) is 2. The second-order valence-corrected chi connectivity index (χ2v) is 6.56. The number of carbonyl (C=O) groups is 1. The largest absolute Gasteiger partial charge is 0.515 e. The summed E-state index contributed by atoms with van der Waals surface area (Å²) >= 11 is 0. The number of halogens is 4. The summed E-state index contributed by atoms with van der Waals surface area (Å²) in [5, 5.41) is 20.6. The molecule has 0 aliphatic carbocycles. The van der Waals surface area contributed by atoms with E-state index in [1.807, 2.05) is 0 Å². The van der Waals surface area contributed by atoms with Crippen molar-refractivity contribution in [2.45, 2.75) is 5.60 Å². The van der Waals surface area contributed by atoms with Crippen LogP contribution in [0.5, 0.6) is 0 Å². The predicted molar refractivity (Wildman–Crippen MR) is 104 cm³/mol. The van der Waals surface area contributed by atoms with Gasteiger partial charge in [0.25, 0.3) is 0 Å². The van der Waals surface area contributed by atoms with Gasteiger partial charge in [-0.25, -0.2) is 22.4 Å². The van der Waals surface area contributed by atoms with Gasteiger partial charge in [0.1, 0.15) is 29.9 Å². The van der Waals surface area contributed by atoms with Gasteiger partial charge in [0.05, 0.1) is 6.26 Å². The maximum absolute atomic E-state index is 14.5. The molecule has 0 atom stereocenters. The maximum Gasteiger partial charge on any atom is 0.348 e. The monoisotopic (exact) mass is 432 g/mol. The first-order chi connectivity index (χ1) is 14.8. The second kappa shape index (κ2) is 9.01. The molecule has 0 bridgehead atoms. The van der Waals surface area contributed by atoms with Crippen LogP contribution in [0, 0.1) is 23.3 Å². The third kappa shape index (κ3) is 4.44. The predicted octanol–water partition coefficient (Wildman–Crippen LogP) is 4.62. The Morgan fingerprint density at radius 2 is 1.39 bits per heavy atom. The minimum absolute atomic E-state index is 0.107. The number of carbonyl (C=O) groups excluding carboxylic acids is 1. The minimum Gasteiger partial charge on any atom is -0.515 e. The summed E-state index contributed by atoms with van der Waals surface area (Å²) in [5.74, 6) is -6.15. The van der Waals surface area contributed by atoms with Gasteiger partial charge in [-0.2, -0.15) is 0 Å². The molecule has 4 nitrogen and oxygen atoms in total. The van der Waals surface area contributed by atoms with Gasteiger partial charge in [0.15, 0.2) is 0 Å². The molecule has 3 aromatic rings. The molecule has 2 N–H and O–H groups in total. The van der Waals surface area contributed by atoms with Crippen molar-refractivity contribution in [2.24, 2.45) is 0 Å². The van der Waals surface area contributed by atoms with E-state index in [-0.39, 0.29) is 5.57 Å². The van der Waals surface area contributed by atoms with Crippen molar-refractivity contribution in [2.75, 3.05) is 6.61 Å². The van der Waals surface area contributed by atoms with E-state index in [4.69, 9.17) is 4.74 Å². The lowest BCUT2D eigenvalue weighted by molar-refractivity contribution is -0.161. The Bertz CT molecular complexity index is 1080. The fourth-order valence-corrected chi connectivity index (χ4v) is 3.01. The third-order valence-electron chi connectivity index (χ3n) is 4.59. The number of aliphatic hydroxyl groups excluding tert-OH is 1. The lowest BCUT2D eigenvalue weighted by Crippen LogP contribution is -2.40. The SMILES string of the molecule is O=C(OCC(=CO)c1ccccc1)C(O)(c1cc(F)ccc1F)c1cc(F)ccc1F. The Labute approximate surface area is 174 Å². The van der Waals surface area contributed by atoms with Crippen LogP contribution in [0.15, 0.2) is 73.0 Å². The van der Waals surface area contributed by atoms with Gasteiger partial charge in [0, 0.05) is 16.7 Å². The van der Waals surface area contributed by atoms with Crippen LogP contribution in [0.4, 0.5) is 17.6 Å². The zero-order chi connectivity index (χ0) is 22.6. The fraction of sp³-hybridized carbons (Fsp3) is 0.0870. The zero-order valence-corrected chi connectivity index (χ0v) is 15.9. The van der Waals surface area contributed by atoms with Crippen molar-refractivity contribution in [3.8, 4) is 0 Å². The molecule has 3 aromatic carbocycles. The van der Waals surface area contributed by atoms with Gasteiger partial charge in [0.2, 0.25) is 5.60 Å². The van der Waals surface area contributed by atoms with Crippen LogP contribution in [-0.4, -0.2) is 22.8 Å². The van der Waals surface area contributed by atoms with Crippen molar-refractivity contribution in [3.63, 3.8) is 0 Å². The normalized spacial score (nSPS) is 12.0. The van der Waals surface area contributed by atoms with Crippen molar-refractivity contribution >= 4 is 11.5 Å². The van der Waals surface area contributed by atoms with E-state index in [1.165, 1.54) is 0 Å². The Kier molecular flexibility index (Phi) is 6.41. The second-order valence-electron chi connectivity index (χ2n) is 6.56. The van der Waals surface area contributed by atoms with Crippen LogP contribution in [0.25, 0.3) is 5.57 Å². The maximum atomic E-state index is 14.5. The average Bonchev–Trinajstić information content (AvgIpc) is 2.77. The Hall–Kier alpha value is -3.65. The van der Waals surface area contributed by atoms with E-state index in [1.54, 1.807) is 30.3 Å². The Morgan fingerprint density at radius 3 is 1.87 bits per heavy atom. The van der Waals surface area contributed by atoms with Crippen LogP contribution < -0.4 is 0 Å². The lowest BCUT2D eigenvalue weighted by atomic mass is 9.85. The van der Waals surface area contributed by atoms with Crippen LogP contribution >= 0.6 is 0 Å². The quantitative estimate of drug-likeness (QED) is 0.339. The van der Waals surface area contributed by atoms with E-state index in [0.717, 1.165) is 12.1 Å². The highest BCUT2D eigenvalue weighted by atomic mass is 19.1. The van der Waals surface area contributed by atoms with E-state index < -0.39 is 52.6 Å². The van der Waals surface area contributed by atoms with E-state index >= 15 is 0 Å². The van der Waals surface area contributed by atoms with Crippen molar-refractivity contribution in [1.29, 1.82) is 0 Å². The highest BCUT2D eigenvalue weighted by Gasteiger charge is 2.46. The zero-order valence-electron chi connectivity index (χ0n) is 15.9. The summed E-state index contributed by atoms with van der Waals surface area (Å²) in [5.41, 5.74) is -4.56. The highest BCUT2D eigenvalue weighted by molar-refractivity contribution is 5.86. The molecule has 0 fully saturated rings. The third-order valence-corrected chi connectivity index (χ3v) is 4.59. The van der Waals surface area contributed by atoms with Gasteiger partial charge >= 0.3 is 5.97 Å². The first-order valence-electron chi connectivity index (χ1n) is 8.96. The molecular weight excluding hydrogens is 416 g/mol. The van der Waals surface area contributed by atoms with Gasteiger partial charge in [-0.1, -0.05) is 30.3 Å². The van der Waals surface area contributed by atoms with Crippen LogP contribution in [0.2, 0.25) is 0 Å². The average molecular weight is 432 g/mol. The van der Waals surface area contributed by atoms with Gasteiger partial charge in [-0.15, -0.1) is 0 Å². The van der Waals surface area contributed by atoms with Crippen LogP contribution in [0.1, 0.15) is 16.7 Å². The number of rotatable bonds is 6. The van der Waals surface area contributed by atoms with Crippen molar-refractivity contribution < 1.29 is 37.3 Å². The molecule has 0 aliphatic rings. The molecule has 0 saturated carbocycles. The molecule has 0 saturated heterocycles. The number of esters is 1. The van der Waals surface area contributed by atoms with Crippen molar-refractivity contribution in [1.82, 2.24) is 0 Å². The summed E-state index contributed by atoms with van der Waals surface area (Å²) in [7, 11) is 0. The minimum atomic E-state index is -3.21. The summed E-state index contributed by atoms with van der Waals surface area (Å²) in [4.78, 5) is 12.9. The standard InChI is InChI=1S/C23H16F4O4/c24-16-6-8-20(26)18(10-16)23(30,19-11-17(25)7-9-21(19)27)22(29)31-13-15(12-28)14-4-2-1-3-5-14/h1-12,28,30H,13H2. The summed E-state index contributed by atoms with van der Waals surface area (Å²) in [6.45, 7) is -0.602. The van der Waals surface area contributed by atoms with Gasteiger partial charge in [-0.05, 0) is 42.0 Å². The molecule has 3 rings (SSSR count). The summed E-state index contributed by atoms with van der Waals surface area (Å²) in [6.07, 6.45) is 0.660. The van der Waals surface area contributed by atoms with Crippen molar-refractivity contribution in [3.05, 3.63) is 113 Å². The number of aliphatic hydroxyl groups is 2. The number of hydrogen-bond acceptors (Lipinski definition) is 4. The molecule has 8 heteroatoms. The van der Waals surface area contributed by atoms with Gasteiger partial charge < -0.3 is 14.9 Å². The Morgan fingerprint density at radius 1 is 0.871 bits per heavy atom. The first-order valence-corrected chi connectivity index (χ1v) is 8.96. The fourth-order valence-electron chi connectivity index (χ4n) is 3.01. The summed E-state index contributed by atoms with van der Waals surface area (Å²) in [6, 6.07) is 11.9. The molecule has 31 heavy (non-hydrogen) atoms. The molecular formula is C23H16F4O4. The lowest BCUT2D eigenvalue weighted by Gasteiger charge is -2.28. The van der Waals surface area contributed by atoms with E-state index in [9.17, 15) is 32.6 Å². The van der Waals surface area contributed by atoms with E-state index in [2.05, 4.69) is 0 Å². The summed E-state index contributed by atoms with van der Waals surface area (Å²) < 4.78 is 61.5. The number of benzene rings is 3. The van der Waals surface area contributed by atoms with Crippen LogP contribution in [0.3, 0.4) is 0 Å². The Balaban J connectivity index is 2.05. The molecule has 160 valence electrons. The topological polar surface area (TPSA) is 66.8 Å².